The Labute approximate surface area is 190 Å². The summed E-state index contributed by atoms with van der Waals surface area (Å²) in [6, 6.07) is 12.5. The van der Waals surface area contributed by atoms with Crippen molar-refractivity contribution in [1.82, 2.24) is 14.9 Å². The fourth-order valence-corrected chi connectivity index (χ4v) is 4.00. The fraction of sp³-hybridized carbons (Fsp3) is 0.476. The van der Waals surface area contributed by atoms with Gasteiger partial charge in [-0.25, -0.2) is 9.97 Å². The Morgan fingerprint density at radius 3 is 2.41 bits per heavy atom. The Balaban J connectivity index is 0.00000240. The minimum absolute atomic E-state index is 0. The van der Waals surface area contributed by atoms with Crippen LogP contribution in [0.4, 0.5) is 11.6 Å². The number of hydrogen-bond acceptors (Lipinski definition) is 5. The number of anilines is 2. The summed E-state index contributed by atoms with van der Waals surface area (Å²) in [5.41, 5.74) is 7.62. The fourth-order valence-electron chi connectivity index (χ4n) is 4.00. The molecule has 3 heterocycles. The van der Waals surface area contributed by atoms with Crippen LogP contribution in [0.15, 0.2) is 53.8 Å². The van der Waals surface area contributed by atoms with Crippen molar-refractivity contribution in [2.24, 2.45) is 16.6 Å². The third-order valence-electron chi connectivity index (χ3n) is 5.59. The molecule has 0 saturated carbocycles. The van der Waals surface area contributed by atoms with Crippen molar-refractivity contribution in [3.63, 3.8) is 0 Å². The first kappa shape index (κ1) is 21.6. The van der Waals surface area contributed by atoms with Crippen molar-refractivity contribution in [3.8, 4) is 0 Å². The predicted octanol–water partition coefficient (Wildman–Crippen LogP) is 2.45. The average molecular weight is 507 g/mol. The molecule has 2 aromatic rings. The molecule has 2 fully saturated rings. The van der Waals surface area contributed by atoms with Gasteiger partial charge in [0.2, 0.25) is 5.95 Å². The van der Waals surface area contributed by atoms with Gasteiger partial charge in [0.25, 0.3) is 0 Å². The molecule has 8 heteroatoms. The van der Waals surface area contributed by atoms with Gasteiger partial charge in [-0.3, -0.25) is 4.99 Å². The lowest BCUT2D eigenvalue weighted by molar-refractivity contribution is 0.373. The molecular weight excluding hydrogens is 477 g/mol. The number of aromatic nitrogens is 2. The van der Waals surface area contributed by atoms with Gasteiger partial charge < -0.3 is 20.4 Å². The molecule has 0 radical (unpaired) electrons. The third kappa shape index (κ3) is 5.71. The number of nitrogens with two attached hydrogens (primary N) is 1. The number of piperazine rings is 1. The third-order valence-corrected chi connectivity index (χ3v) is 5.59. The summed E-state index contributed by atoms with van der Waals surface area (Å²) in [6.07, 6.45) is 6.00. The highest BCUT2D eigenvalue weighted by molar-refractivity contribution is 14.0. The minimum Gasteiger partial charge on any atom is -0.371 e. The summed E-state index contributed by atoms with van der Waals surface area (Å²) in [7, 11) is 0. The molecule has 2 saturated heterocycles. The molecule has 156 valence electrons. The van der Waals surface area contributed by atoms with Crippen LogP contribution in [0.25, 0.3) is 0 Å². The molecule has 2 N–H and O–H groups in total. The van der Waals surface area contributed by atoms with E-state index in [0.717, 1.165) is 51.8 Å². The quantitative estimate of drug-likeness (QED) is 0.390. The first-order chi connectivity index (χ1) is 13.8. The molecule has 0 amide bonds. The van der Waals surface area contributed by atoms with Gasteiger partial charge in [0.1, 0.15) is 0 Å². The molecule has 0 aliphatic carbocycles. The average Bonchev–Trinajstić information content (AvgIpc) is 2.79. The van der Waals surface area contributed by atoms with Crippen LogP contribution < -0.4 is 15.5 Å². The number of hydrogen-bond donors (Lipinski definition) is 1. The van der Waals surface area contributed by atoms with Crippen molar-refractivity contribution in [1.29, 1.82) is 0 Å². The second-order valence-corrected chi connectivity index (χ2v) is 7.51. The largest absolute Gasteiger partial charge is 0.371 e. The predicted molar refractivity (Wildman–Crippen MR) is 129 cm³/mol. The van der Waals surface area contributed by atoms with Crippen molar-refractivity contribution < 1.29 is 0 Å². The molecule has 0 bridgehead atoms. The summed E-state index contributed by atoms with van der Waals surface area (Å²) < 4.78 is 0. The normalized spacial score (nSPS) is 20.3. The van der Waals surface area contributed by atoms with Gasteiger partial charge in [-0.05, 0) is 37.0 Å². The molecule has 2 aliphatic heterocycles. The van der Waals surface area contributed by atoms with Gasteiger partial charge in [-0.2, -0.15) is 0 Å². The maximum absolute atomic E-state index is 6.31. The maximum Gasteiger partial charge on any atom is 0.225 e. The van der Waals surface area contributed by atoms with E-state index in [1.54, 1.807) is 12.4 Å². The minimum atomic E-state index is 0. The molecule has 1 unspecified atom stereocenters. The van der Waals surface area contributed by atoms with Crippen molar-refractivity contribution in [3.05, 3.63) is 48.8 Å². The highest BCUT2D eigenvalue weighted by Gasteiger charge is 2.22. The van der Waals surface area contributed by atoms with Crippen LogP contribution in [0.3, 0.4) is 0 Å². The lowest BCUT2D eigenvalue weighted by Gasteiger charge is -2.36. The van der Waals surface area contributed by atoms with Crippen LogP contribution in [-0.4, -0.2) is 66.6 Å². The Morgan fingerprint density at radius 2 is 1.69 bits per heavy atom. The van der Waals surface area contributed by atoms with E-state index in [9.17, 15) is 0 Å². The van der Waals surface area contributed by atoms with E-state index in [2.05, 4.69) is 55.0 Å². The van der Waals surface area contributed by atoms with E-state index >= 15 is 0 Å². The molecule has 1 aromatic carbocycles. The standard InChI is InChI=1S/C21H29N7.HI/c22-20(26-12-14-27(15-13-26)21-23-9-5-10-24-21)25-16-18-6-4-11-28(17-18)19-7-2-1-3-8-19;/h1-3,5,7-10,18H,4,6,11-17H2,(H2,22,25);1H. The van der Waals surface area contributed by atoms with Crippen LogP contribution in [0.5, 0.6) is 0 Å². The van der Waals surface area contributed by atoms with E-state index in [-0.39, 0.29) is 24.0 Å². The second-order valence-electron chi connectivity index (χ2n) is 7.51. The van der Waals surface area contributed by atoms with Crippen molar-refractivity contribution in [2.45, 2.75) is 12.8 Å². The number of aliphatic imine (C=N–C) groups is 1. The number of guanidine groups is 1. The van der Waals surface area contributed by atoms with E-state index in [4.69, 9.17) is 10.7 Å². The smallest absolute Gasteiger partial charge is 0.225 e. The van der Waals surface area contributed by atoms with Gasteiger partial charge in [0.15, 0.2) is 5.96 Å². The lowest BCUT2D eigenvalue weighted by atomic mass is 9.97. The van der Waals surface area contributed by atoms with Crippen LogP contribution in [0, 0.1) is 5.92 Å². The number of para-hydroxylation sites is 1. The van der Waals surface area contributed by atoms with Crippen LogP contribution in [0.1, 0.15) is 12.8 Å². The molecule has 29 heavy (non-hydrogen) atoms. The monoisotopic (exact) mass is 507 g/mol. The first-order valence-electron chi connectivity index (χ1n) is 10.2. The van der Waals surface area contributed by atoms with Crippen LogP contribution in [-0.2, 0) is 0 Å². The molecule has 1 atom stereocenters. The highest BCUT2D eigenvalue weighted by atomic mass is 127. The van der Waals surface area contributed by atoms with Gasteiger partial charge in [-0.1, -0.05) is 18.2 Å². The van der Waals surface area contributed by atoms with Crippen LogP contribution in [0.2, 0.25) is 0 Å². The van der Waals surface area contributed by atoms with Gasteiger partial charge >= 0.3 is 0 Å². The highest BCUT2D eigenvalue weighted by Crippen LogP contribution is 2.23. The van der Waals surface area contributed by atoms with E-state index in [0.29, 0.717) is 11.9 Å². The number of nitrogens with zero attached hydrogens (tertiary/aromatic N) is 6. The maximum atomic E-state index is 6.31. The molecule has 2 aliphatic rings. The van der Waals surface area contributed by atoms with Crippen molar-refractivity contribution in [2.75, 3.05) is 55.6 Å². The second kappa shape index (κ2) is 10.6. The summed E-state index contributed by atoms with van der Waals surface area (Å²) in [5, 5.41) is 0. The molecule has 1 aromatic heterocycles. The summed E-state index contributed by atoms with van der Waals surface area (Å²) in [4.78, 5) is 20.3. The molecule has 0 spiro atoms. The zero-order valence-electron chi connectivity index (χ0n) is 16.7. The lowest BCUT2D eigenvalue weighted by Crippen LogP contribution is -2.51. The number of halogens is 1. The van der Waals surface area contributed by atoms with E-state index in [1.165, 1.54) is 18.5 Å². The molecule has 4 rings (SSSR count). The molecule has 7 nitrogen and oxygen atoms in total. The Morgan fingerprint density at radius 1 is 0.966 bits per heavy atom. The first-order valence-corrected chi connectivity index (χ1v) is 10.2. The van der Waals surface area contributed by atoms with Crippen molar-refractivity contribution >= 4 is 41.6 Å². The van der Waals surface area contributed by atoms with E-state index < -0.39 is 0 Å². The zero-order valence-corrected chi connectivity index (χ0v) is 19.1. The van der Waals surface area contributed by atoms with Gasteiger partial charge in [0, 0.05) is 63.9 Å². The van der Waals surface area contributed by atoms with Gasteiger partial charge in [0.05, 0.1) is 0 Å². The zero-order chi connectivity index (χ0) is 19.2. The summed E-state index contributed by atoms with van der Waals surface area (Å²) in [6.45, 7) is 6.43. The topological polar surface area (TPSA) is 73.9 Å². The Bertz CT molecular complexity index is 763. The number of piperidine rings is 1. The Kier molecular flexibility index (Phi) is 7.91. The number of rotatable bonds is 4. The SMILES string of the molecule is I.NC(=NCC1CCCN(c2ccccc2)C1)N1CCN(c2ncccn2)CC1. The van der Waals surface area contributed by atoms with E-state index in [1.807, 2.05) is 6.07 Å². The number of benzene rings is 1. The van der Waals surface area contributed by atoms with Gasteiger partial charge in [-0.15, -0.1) is 24.0 Å². The Hall–Kier alpha value is -2.10. The summed E-state index contributed by atoms with van der Waals surface area (Å²) in [5.74, 6) is 2.03. The van der Waals surface area contributed by atoms with Crippen LogP contribution >= 0.6 is 24.0 Å². The molecular formula is C21H30IN7. The summed E-state index contributed by atoms with van der Waals surface area (Å²) >= 11 is 0.